The van der Waals surface area contributed by atoms with Gasteiger partial charge >= 0.3 is 5.97 Å². The van der Waals surface area contributed by atoms with Gasteiger partial charge in [-0.2, -0.15) is 0 Å². The first-order valence-electron chi connectivity index (χ1n) is 8.79. The van der Waals surface area contributed by atoms with Crippen molar-refractivity contribution >= 4 is 22.8 Å². The van der Waals surface area contributed by atoms with E-state index >= 15 is 0 Å². The molecular weight excluding hydrogens is 339 g/mol. The molecule has 2 N–H and O–H groups in total. The van der Waals surface area contributed by atoms with Gasteiger partial charge < -0.3 is 19.7 Å². The Kier molecular flexibility index (Phi) is 3.99. The molecule has 2 aromatic rings. The highest BCUT2D eigenvalue weighted by Crippen LogP contribution is 2.45. The molecule has 2 aliphatic rings. The number of benzene rings is 1. The van der Waals surface area contributed by atoms with Crippen molar-refractivity contribution in [3.05, 3.63) is 35.3 Å². The number of rotatable bonds is 2. The molecule has 2 aliphatic heterocycles. The number of aliphatic carboxylic acids is 1. The van der Waals surface area contributed by atoms with E-state index in [2.05, 4.69) is 4.98 Å². The number of ether oxygens (including phenoxy) is 1. The van der Waals surface area contributed by atoms with Crippen LogP contribution in [-0.4, -0.2) is 53.2 Å². The quantitative estimate of drug-likeness (QED) is 0.862. The Bertz CT molecular complexity index is 885. The first kappa shape index (κ1) is 17.0. The van der Waals surface area contributed by atoms with Crippen molar-refractivity contribution in [1.82, 2.24) is 9.88 Å². The zero-order chi connectivity index (χ0) is 18.5. The molecular formula is C19H21FN2O4. The Morgan fingerprint density at radius 2 is 2.08 bits per heavy atom. The number of aryl methyl sites for hydroxylation is 1. The molecule has 0 aliphatic carbocycles. The number of hydrogen-bond donors (Lipinski definition) is 2. The first-order chi connectivity index (χ1) is 12.4. The number of amides is 1. The fourth-order valence-corrected chi connectivity index (χ4v) is 4.42. The van der Waals surface area contributed by atoms with Crippen molar-refractivity contribution in [2.45, 2.75) is 19.8 Å². The number of halogens is 1. The van der Waals surface area contributed by atoms with Crippen molar-refractivity contribution in [2.24, 2.45) is 11.3 Å². The maximum Gasteiger partial charge on any atom is 0.308 e. The molecule has 2 fully saturated rings. The summed E-state index contributed by atoms with van der Waals surface area (Å²) in [7, 11) is 0. The number of likely N-dealkylation sites (tertiary alicyclic amines) is 1. The smallest absolute Gasteiger partial charge is 0.308 e. The van der Waals surface area contributed by atoms with E-state index in [-0.39, 0.29) is 18.3 Å². The number of carboxylic acid groups (broad SMARTS) is 1. The molecule has 1 atom stereocenters. The number of nitrogens with zero attached hydrogens (tertiary/aromatic N) is 1. The van der Waals surface area contributed by atoms with Crippen LogP contribution in [-0.2, 0) is 9.53 Å². The highest BCUT2D eigenvalue weighted by molar-refractivity contribution is 6.01. The minimum atomic E-state index is -0.863. The largest absolute Gasteiger partial charge is 0.481 e. The molecule has 7 heteroatoms. The summed E-state index contributed by atoms with van der Waals surface area (Å²) >= 11 is 0. The maximum absolute atomic E-state index is 13.5. The summed E-state index contributed by atoms with van der Waals surface area (Å²) in [6, 6.07) is 4.36. The van der Waals surface area contributed by atoms with Gasteiger partial charge in [0.1, 0.15) is 11.5 Å². The molecule has 1 amide bonds. The van der Waals surface area contributed by atoms with Crippen molar-refractivity contribution in [1.29, 1.82) is 0 Å². The zero-order valence-electron chi connectivity index (χ0n) is 14.5. The van der Waals surface area contributed by atoms with E-state index < -0.39 is 17.3 Å². The predicted octanol–water partition coefficient (Wildman–Crippen LogP) is 2.57. The number of carbonyl (C=O) groups excluding carboxylic acids is 1. The zero-order valence-corrected chi connectivity index (χ0v) is 14.5. The van der Waals surface area contributed by atoms with E-state index in [1.165, 1.54) is 12.1 Å². The van der Waals surface area contributed by atoms with Crippen molar-refractivity contribution < 1.29 is 23.8 Å². The van der Waals surface area contributed by atoms with Crippen molar-refractivity contribution in [3.63, 3.8) is 0 Å². The van der Waals surface area contributed by atoms with E-state index in [9.17, 15) is 19.1 Å². The Morgan fingerprint density at radius 1 is 1.35 bits per heavy atom. The van der Waals surface area contributed by atoms with Gasteiger partial charge in [0, 0.05) is 42.6 Å². The second kappa shape index (κ2) is 6.09. The van der Waals surface area contributed by atoms with Crippen molar-refractivity contribution in [3.8, 4) is 0 Å². The normalized spacial score (nSPS) is 22.2. The lowest BCUT2D eigenvalue weighted by Gasteiger charge is -2.36. The molecule has 1 aromatic carbocycles. The number of aromatic amines is 1. The number of carbonyl (C=O) groups is 2. The SMILES string of the molecule is Cc1c(C(=O)N2CC(C(=O)O)C3(CCOCC3)C2)[nH]c2ccc(F)cc12. The lowest BCUT2D eigenvalue weighted by Crippen LogP contribution is -2.40. The average molecular weight is 360 g/mol. The lowest BCUT2D eigenvalue weighted by atomic mass is 9.72. The van der Waals surface area contributed by atoms with Gasteiger partial charge in [-0.3, -0.25) is 9.59 Å². The monoisotopic (exact) mass is 360 g/mol. The molecule has 0 saturated carbocycles. The fraction of sp³-hybridized carbons (Fsp3) is 0.474. The number of aromatic nitrogens is 1. The van der Waals surface area contributed by atoms with Crippen LogP contribution in [0.3, 0.4) is 0 Å². The van der Waals surface area contributed by atoms with E-state index in [4.69, 9.17) is 4.74 Å². The number of nitrogens with one attached hydrogen (secondary N) is 1. The summed E-state index contributed by atoms with van der Waals surface area (Å²) in [5, 5.41) is 10.3. The van der Waals surface area contributed by atoms with Crippen molar-refractivity contribution in [2.75, 3.05) is 26.3 Å². The molecule has 138 valence electrons. The average Bonchev–Trinajstić information content (AvgIpc) is 3.14. The minimum Gasteiger partial charge on any atom is -0.481 e. The van der Waals surface area contributed by atoms with Gasteiger partial charge in [0.25, 0.3) is 5.91 Å². The van der Waals surface area contributed by atoms with Crippen LogP contribution in [0.4, 0.5) is 4.39 Å². The highest BCUT2D eigenvalue weighted by atomic mass is 19.1. The molecule has 26 heavy (non-hydrogen) atoms. The van der Waals surface area contributed by atoms with Crippen LogP contribution in [0.1, 0.15) is 28.9 Å². The Hall–Kier alpha value is -2.41. The van der Waals surface area contributed by atoms with Gasteiger partial charge in [-0.1, -0.05) is 0 Å². The predicted molar refractivity (Wildman–Crippen MR) is 92.5 cm³/mol. The van der Waals surface area contributed by atoms with Crippen LogP contribution in [0.25, 0.3) is 10.9 Å². The summed E-state index contributed by atoms with van der Waals surface area (Å²) in [4.78, 5) is 29.6. The standard InChI is InChI=1S/C19H21FN2O4/c1-11-13-8-12(20)2-3-15(13)21-16(11)17(23)22-9-14(18(24)25)19(10-22)4-6-26-7-5-19/h2-3,8,14,21H,4-7,9-10H2,1H3,(H,24,25). The molecule has 2 saturated heterocycles. The third-order valence-corrected chi connectivity index (χ3v) is 5.96. The molecule has 0 radical (unpaired) electrons. The van der Waals surface area contributed by atoms with Gasteiger partial charge in [0.2, 0.25) is 0 Å². The number of fused-ring (bicyclic) bond motifs is 1. The first-order valence-corrected chi connectivity index (χ1v) is 8.79. The molecule has 4 rings (SSSR count). The van der Waals surface area contributed by atoms with Gasteiger partial charge in [-0.25, -0.2) is 4.39 Å². The molecule has 1 unspecified atom stereocenters. The van der Waals surface area contributed by atoms with Crippen LogP contribution >= 0.6 is 0 Å². The second-order valence-corrected chi connectivity index (χ2v) is 7.37. The van der Waals surface area contributed by atoms with Gasteiger partial charge in [0.15, 0.2) is 0 Å². The van der Waals surface area contributed by atoms with Crippen LogP contribution < -0.4 is 0 Å². The molecule has 1 spiro atoms. The third-order valence-electron chi connectivity index (χ3n) is 5.96. The Balaban J connectivity index is 1.66. The summed E-state index contributed by atoms with van der Waals surface area (Å²) in [6.07, 6.45) is 1.29. The van der Waals surface area contributed by atoms with Gasteiger partial charge in [0.05, 0.1) is 5.92 Å². The third kappa shape index (κ3) is 2.58. The number of carboxylic acids is 1. The van der Waals surface area contributed by atoms with Crippen LogP contribution in [0.5, 0.6) is 0 Å². The Labute approximate surface area is 149 Å². The Morgan fingerprint density at radius 3 is 2.77 bits per heavy atom. The van der Waals surface area contributed by atoms with E-state index in [0.29, 0.717) is 54.8 Å². The number of H-pyrrole nitrogens is 1. The molecule has 3 heterocycles. The highest BCUT2D eigenvalue weighted by Gasteiger charge is 2.52. The maximum atomic E-state index is 13.5. The van der Waals surface area contributed by atoms with E-state index in [0.717, 1.165) is 0 Å². The topological polar surface area (TPSA) is 82.6 Å². The molecule has 1 aromatic heterocycles. The summed E-state index contributed by atoms with van der Waals surface area (Å²) in [6.45, 7) is 3.43. The summed E-state index contributed by atoms with van der Waals surface area (Å²) in [5.74, 6) is -2.03. The summed E-state index contributed by atoms with van der Waals surface area (Å²) in [5.41, 5.74) is 1.36. The summed E-state index contributed by atoms with van der Waals surface area (Å²) < 4.78 is 18.9. The van der Waals surface area contributed by atoms with Gasteiger partial charge in [-0.15, -0.1) is 0 Å². The van der Waals surface area contributed by atoms with Crippen LogP contribution in [0.2, 0.25) is 0 Å². The second-order valence-electron chi connectivity index (χ2n) is 7.37. The van der Waals surface area contributed by atoms with Crippen LogP contribution in [0.15, 0.2) is 18.2 Å². The van der Waals surface area contributed by atoms with Gasteiger partial charge in [-0.05, 0) is 43.5 Å². The lowest BCUT2D eigenvalue weighted by molar-refractivity contribution is -0.146. The number of hydrogen-bond acceptors (Lipinski definition) is 3. The molecule has 6 nitrogen and oxygen atoms in total. The fourth-order valence-electron chi connectivity index (χ4n) is 4.42. The van der Waals surface area contributed by atoms with E-state index in [1.807, 2.05) is 0 Å². The van der Waals surface area contributed by atoms with Crippen LogP contribution in [0, 0.1) is 24.1 Å². The molecule has 0 bridgehead atoms. The van der Waals surface area contributed by atoms with E-state index in [1.54, 1.807) is 17.9 Å². The minimum absolute atomic E-state index is 0.192.